The molecule has 2 atom stereocenters. The average Bonchev–Trinajstić information content (AvgIpc) is 3.00. The molecule has 0 saturated carbocycles. The number of rotatable bonds is 2. The molecule has 0 N–H and O–H groups in total. The number of piperazine rings is 1. The normalized spacial score (nSPS) is 27.2. The summed E-state index contributed by atoms with van der Waals surface area (Å²) in [5.74, 6) is -0.0584. The Kier molecular flexibility index (Phi) is 3.62. The van der Waals surface area contributed by atoms with E-state index in [1.807, 2.05) is 18.7 Å². The van der Waals surface area contributed by atoms with Crippen LogP contribution in [-0.2, 0) is 14.8 Å². The molecular formula is C14H20N2O3S2. The first-order valence-corrected chi connectivity index (χ1v) is 9.47. The Bertz CT molecular complexity index is 680. The summed E-state index contributed by atoms with van der Waals surface area (Å²) in [5.41, 5.74) is 0. The van der Waals surface area contributed by atoms with Crippen LogP contribution in [0.3, 0.4) is 0 Å². The molecule has 2 aliphatic rings. The number of fused-ring (bicyclic) bond motifs is 1. The van der Waals surface area contributed by atoms with Gasteiger partial charge in [-0.25, -0.2) is 8.42 Å². The molecule has 0 aromatic carbocycles. The molecule has 0 radical (unpaired) electrons. The zero-order valence-electron chi connectivity index (χ0n) is 12.5. The van der Waals surface area contributed by atoms with Crippen molar-refractivity contribution in [2.45, 2.75) is 50.6 Å². The van der Waals surface area contributed by atoms with Gasteiger partial charge in [-0.2, -0.15) is 4.31 Å². The molecule has 1 aromatic heterocycles. The quantitative estimate of drug-likeness (QED) is 0.831. The predicted octanol–water partition coefficient (Wildman–Crippen LogP) is 1.75. The summed E-state index contributed by atoms with van der Waals surface area (Å²) in [6.07, 6.45) is 1.86. The number of thiophene rings is 1. The third-order valence-corrected chi connectivity index (χ3v) is 7.58. The van der Waals surface area contributed by atoms with Gasteiger partial charge in [0.15, 0.2) is 0 Å². The summed E-state index contributed by atoms with van der Waals surface area (Å²) in [6.45, 7) is 6.61. The maximum absolute atomic E-state index is 12.9. The third kappa shape index (κ3) is 2.31. The van der Waals surface area contributed by atoms with E-state index in [1.165, 1.54) is 15.6 Å². The van der Waals surface area contributed by atoms with Crippen LogP contribution in [0.15, 0.2) is 11.0 Å². The number of carbonyl (C=O) groups is 1. The van der Waals surface area contributed by atoms with Gasteiger partial charge in [-0.15, -0.1) is 11.3 Å². The molecule has 1 aromatic rings. The molecule has 2 fully saturated rings. The largest absolute Gasteiger partial charge is 0.337 e. The third-order valence-electron chi connectivity index (χ3n) is 4.42. The molecule has 0 spiro atoms. The Morgan fingerprint density at radius 1 is 1.33 bits per heavy atom. The number of amides is 1. The van der Waals surface area contributed by atoms with E-state index in [1.54, 1.807) is 13.0 Å². The van der Waals surface area contributed by atoms with E-state index in [9.17, 15) is 13.2 Å². The van der Waals surface area contributed by atoms with Crippen molar-refractivity contribution in [1.29, 1.82) is 0 Å². The molecule has 2 aliphatic heterocycles. The van der Waals surface area contributed by atoms with Gasteiger partial charge in [0.1, 0.15) is 6.04 Å². The van der Waals surface area contributed by atoms with Crippen LogP contribution in [0.25, 0.3) is 0 Å². The van der Waals surface area contributed by atoms with E-state index >= 15 is 0 Å². The van der Waals surface area contributed by atoms with Crippen molar-refractivity contribution in [3.8, 4) is 0 Å². The molecular weight excluding hydrogens is 308 g/mol. The molecule has 1 amide bonds. The smallest absolute Gasteiger partial charge is 0.244 e. The lowest BCUT2D eigenvalue weighted by Crippen LogP contribution is -2.59. The number of hydrogen-bond acceptors (Lipinski definition) is 4. The Balaban J connectivity index is 1.99. The first-order valence-electron chi connectivity index (χ1n) is 7.21. The fourth-order valence-electron chi connectivity index (χ4n) is 3.34. The highest BCUT2D eigenvalue weighted by molar-refractivity contribution is 7.89. The van der Waals surface area contributed by atoms with Gasteiger partial charge in [-0.05, 0) is 39.7 Å². The predicted molar refractivity (Wildman–Crippen MR) is 81.9 cm³/mol. The fraction of sp³-hybridized carbons (Fsp3) is 0.643. The summed E-state index contributed by atoms with van der Waals surface area (Å²) >= 11 is 1.48. The van der Waals surface area contributed by atoms with Crippen molar-refractivity contribution >= 4 is 27.3 Å². The zero-order chi connectivity index (χ0) is 15.4. The van der Waals surface area contributed by atoms with Crippen LogP contribution in [-0.4, -0.2) is 48.7 Å². The standard InChI is InChI=1S/C14H20N2O3S2/c1-9-7-13(11(3)20-9)21(18,19)16-8-12-5-4-6-15(12)14(17)10(16)2/h7,10,12H,4-6,8H2,1-3H3/t10-,12-/m0/s1. The van der Waals surface area contributed by atoms with Crippen LogP contribution >= 0.6 is 11.3 Å². The van der Waals surface area contributed by atoms with Gasteiger partial charge in [0.05, 0.1) is 4.90 Å². The molecule has 7 heteroatoms. The van der Waals surface area contributed by atoms with Gasteiger partial charge in [0, 0.05) is 28.9 Å². The summed E-state index contributed by atoms with van der Waals surface area (Å²) < 4.78 is 27.3. The van der Waals surface area contributed by atoms with Gasteiger partial charge < -0.3 is 4.90 Å². The lowest BCUT2D eigenvalue weighted by Gasteiger charge is -2.40. The van der Waals surface area contributed by atoms with Crippen LogP contribution in [0.2, 0.25) is 0 Å². The van der Waals surface area contributed by atoms with Crippen LogP contribution in [0.4, 0.5) is 0 Å². The van der Waals surface area contributed by atoms with E-state index in [0.717, 1.165) is 29.1 Å². The van der Waals surface area contributed by atoms with Crippen molar-refractivity contribution in [3.05, 3.63) is 15.8 Å². The van der Waals surface area contributed by atoms with Crippen LogP contribution in [0.1, 0.15) is 29.5 Å². The molecule has 116 valence electrons. The van der Waals surface area contributed by atoms with Gasteiger partial charge in [0.25, 0.3) is 0 Å². The summed E-state index contributed by atoms with van der Waals surface area (Å²) in [4.78, 5) is 16.4. The van der Waals surface area contributed by atoms with E-state index in [4.69, 9.17) is 0 Å². The molecule has 0 aliphatic carbocycles. The maximum Gasteiger partial charge on any atom is 0.244 e. The maximum atomic E-state index is 12.9. The minimum absolute atomic E-state index is 0.0449. The lowest BCUT2D eigenvalue weighted by molar-refractivity contribution is -0.139. The van der Waals surface area contributed by atoms with Crippen LogP contribution < -0.4 is 0 Å². The first-order chi connectivity index (χ1) is 9.82. The molecule has 3 rings (SSSR count). The molecule has 21 heavy (non-hydrogen) atoms. The summed E-state index contributed by atoms with van der Waals surface area (Å²) in [6, 6.07) is 1.15. The highest BCUT2D eigenvalue weighted by atomic mass is 32.2. The monoisotopic (exact) mass is 328 g/mol. The van der Waals surface area contributed by atoms with Crippen molar-refractivity contribution in [2.24, 2.45) is 0 Å². The minimum Gasteiger partial charge on any atom is -0.337 e. The zero-order valence-corrected chi connectivity index (χ0v) is 14.1. The van der Waals surface area contributed by atoms with Gasteiger partial charge in [-0.1, -0.05) is 0 Å². The molecule has 0 unspecified atom stereocenters. The highest BCUT2D eigenvalue weighted by Gasteiger charge is 2.45. The number of hydrogen-bond donors (Lipinski definition) is 0. The Hall–Kier alpha value is -0.920. The number of nitrogens with zero attached hydrogens (tertiary/aromatic N) is 2. The second kappa shape index (κ2) is 5.07. The minimum atomic E-state index is -3.60. The van der Waals surface area contributed by atoms with E-state index in [-0.39, 0.29) is 11.9 Å². The second-order valence-corrected chi connectivity index (χ2v) is 9.18. The van der Waals surface area contributed by atoms with Gasteiger partial charge >= 0.3 is 0 Å². The van der Waals surface area contributed by atoms with E-state index in [2.05, 4.69) is 0 Å². The Labute approximate surface area is 129 Å². The Morgan fingerprint density at radius 2 is 2.05 bits per heavy atom. The Morgan fingerprint density at radius 3 is 2.67 bits per heavy atom. The highest BCUT2D eigenvalue weighted by Crippen LogP contribution is 2.33. The lowest BCUT2D eigenvalue weighted by atomic mass is 10.1. The van der Waals surface area contributed by atoms with Crippen LogP contribution in [0, 0.1) is 13.8 Å². The van der Waals surface area contributed by atoms with E-state index < -0.39 is 16.1 Å². The molecule has 0 bridgehead atoms. The van der Waals surface area contributed by atoms with Crippen molar-refractivity contribution < 1.29 is 13.2 Å². The molecule has 3 heterocycles. The number of aryl methyl sites for hydroxylation is 2. The first kappa shape index (κ1) is 15.0. The second-order valence-electron chi connectivity index (χ2n) is 5.86. The SMILES string of the molecule is Cc1cc(S(=O)(=O)N2C[C@@H]3CCCN3C(=O)[C@@H]2C)c(C)s1. The molecule has 5 nitrogen and oxygen atoms in total. The van der Waals surface area contributed by atoms with E-state index in [0.29, 0.717) is 11.4 Å². The summed E-state index contributed by atoms with van der Waals surface area (Å²) in [5, 5.41) is 0. The van der Waals surface area contributed by atoms with Gasteiger partial charge in [0.2, 0.25) is 15.9 Å². The number of sulfonamides is 1. The fourth-order valence-corrected chi connectivity index (χ4v) is 6.49. The average molecular weight is 328 g/mol. The number of carbonyl (C=O) groups excluding carboxylic acids is 1. The van der Waals surface area contributed by atoms with Crippen molar-refractivity contribution in [1.82, 2.24) is 9.21 Å². The summed E-state index contributed by atoms with van der Waals surface area (Å²) in [7, 11) is -3.60. The van der Waals surface area contributed by atoms with Gasteiger partial charge in [-0.3, -0.25) is 4.79 Å². The topological polar surface area (TPSA) is 57.7 Å². The molecule has 2 saturated heterocycles. The van der Waals surface area contributed by atoms with Crippen LogP contribution in [0.5, 0.6) is 0 Å². The van der Waals surface area contributed by atoms with Crippen molar-refractivity contribution in [3.63, 3.8) is 0 Å². The van der Waals surface area contributed by atoms with Crippen molar-refractivity contribution in [2.75, 3.05) is 13.1 Å².